The molecule has 2 rings (SSSR count). The van der Waals surface area contributed by atoms with Gasteiger partial charge in [-0.1, -0.05) is 11.3 Å². The molecule has 2 aromatic rings. The molecule has 0 fully saturated rings. The first-order valence-electron chi connectivity index (χ1n) is 6.31. The molecule has 0 radical (unpaired) electrons. The van der Waals surface area contributed by atoms with Crippen molar-refractivity contribution in [2.24, 2.45) is 0 Å². The Morgan fingerprint density at radius 3 is 2.90 bits per heavy atom. The van der Waals surface area contributed by atoms with E-state index in [1.165, 1.54) is 11.3 Å². The zero-order valence-corrected chi connectivity index (χ0v) is 11.9. The largest absolute Gasteiger partial charge is 0.375 e. The summed E-state index contributed by atoms with van der Waals surface area (Å²) in [4.78, 5) is 27.3. The summed E-state index contributed by atoms with van der Waals surface area (Å²) in [6.45, 7) is 2.76. The van der Waals surface area contributed by atoms with Gasteiger partial charge >= 0.3 is 0 Å². The van der Waals surface area contributed by atoms with Crippen molar-refractivity contribution in [2.45, 2.75) is 13.3 Å². The Kier molecular flexibility index (Phi) is 4.52. The highest BCUT2D eigenvalue weighted by atomic mass is 32.1. The van der Waals surface area contributed by atoms with E-state index in [1.807, 2.05) is 6.92 Å². The van der Waals surface area contributed by atoms with Gasteiger partial charge in [0.15, 0.2) is 5.13 Å². The number of nitrogens with zero attached hydrogens (tertiary/aromatic N) is 1. The first kappa shape index (κ1) is 14.3. The van der Waals surface area contributed by atoms with Crippen molar-refractivity contribution in [1.29, 1.82) is 0 Å². The number of aromatic nitrogens is 1. The van der Waals surface area contributed by atoms with E-state index in [1.54, 1.807) is 18.2 Å². The molecule has 1 aromatic heterocycles. The number of amides is 2. The third-order valence-corrected chi connectivity index (χ3v) is 3.53. The van der Waals surface area contributed by atoms with E-state index in [9.17, 15) is 9.59 Å². The molecule has 0 spiro atoms. The number of rotatable bonds is 5. The number of nitrogen functional groups attached to an aromatic ring is 1. The van der Waals surface area contributed by atoms with E-state index in [-0.39, 0.29) is 18.2 Å². The van der Waals surface area contributed by atoms with Crippen LogP contribution >= 0.6 is 11.3 Å². The second-order valence-electron chi connectivity index (χ2n) is 4.19. The number of hydrogen-bond acceptors (Lipinski definition) is 5. The molecule has 20 heavy (non-hydrogen) atoms. The van der Waals surface area contributed by atoms with Crippen LogP contribution < -0.4 is 16.4 Å². The number of carbonyl (C=O) groups is 2. The minimum Gasteiger partial charge on any atom is -0.375 e. The van der Waals surface area contributed by atoms with Gasteiger partial charge in [-0.15, -0.1) is 0 Å². The molecule has 0 unspecified atom stereocenters. The van der Waals surface area contributed by atoms with Crippen molar-refractivity contribution < 1.29 is 9.59 Å². The molecule has 0 aliphatic carbocycles. The Morgan fingerprint density at radius 1 is 1.35 bits per heavy atom. The molecule has 0 saturated carbocycles. The number of carbonyl (C=O) groups excluding carboxylic acids is 2. The molecule has 4 N–H and O–H groups in total. The van der Waals surface area contributed by atoms with Crippen LogP contribution in [0.1, 0.15) is 23.7 Å². The molecule has 1 heterocycles. The van der Waals surface area contributed by atoms with Crippen molar-refractivity contribution in [1.82, 2.24) is 15.6 Å². The highest BCUT2D eigenvalue weighted by Gasteiger charge is 2.09. The average molecular weight is 292 g/mol. The highest BCUT2D eigenvalue weighted by Crippen LogP contribution is 2.24. The monoisotopic (exact) mass is 292 g/mol. The topological polar surface area (TPSA) is 97.1 Å². The molecule has 6 nitrogen and oxygen atoms in total. The fourth-order valence-corrected chi connectivity index (χ4v) is 2.53. The van der Waals surface area contributed by atoms with Crippen LogP contribution in [-0.4, -0.2) is 29.9 Å². The van der Waals surface area contributed by atoms with Crippen LogP contribution in [0.5, 0.6) is 0 Å². The number of nitrogens with two attached hydrogens (primary N) is 1. The van der Waals surface area contributed by atoms with Crippen LogP contribution in [-0.2, 0) is 4.79 Å². The quantitative estimate of drug-likeness (QED) is 0.769. The van der Waals surface area contributed by atoms with Gasteiger partial charge in [0.1, 0.15) is 0 Å². The minimum atomic E-state index is -0.205. The SMILES string of the molecule is CCNC(=O)CCNC(=O)c1ccc2nc(N)sc2c1. The first-order chi connectivity index (χ1) is 9.60. The summed E-state index contributed by atoms with van der Waals surface area (Å²) < 4.78 is 0.874. The Balaban J connectivity index is 1.95. The van der Waals surface area contributed by atoms with Crippen molar-refractivity contribution in [3.63, 3.8) is 0 Å². The van der Waals surface area contributed by atoms with Gasteiger partial charge in [-0.2, -0.15) is 0 Å². The van der Waals surface area contributed by atoms with Crippen molar-refractivity contribution in [3.8, 4) is 0 Å². The molecule has 0 aliphatic rings. The van der Waals surface area contributed by atoms with Gasteiger partial charge in [-0.3, -0.25) is 9.59 Å². The third kappa shape index (κ3) is 3.45. The molecular weight excluding hydrogens is 276 g/mol. The molecule has 106 valence electrons. The van der Waals surface area contributed by atoms with Gasteiger partial charge in [0.05, 0.1) is 10.2 Å². The summed E-state index contributed by atoms with van der Waals surface area (Å²) in [5.41, 5.74) is 6.94. The van der Waals surface area contributed by atoms with Gasteiger partial charge in [0, 0.05) is 25.1 Å². The van der Waals surface area contributed by atoms with E-state index in [2.05, 4.69) is 15.6 Å². The molecule has 7 heteroatoms. The number of anilines is 1. The van der Waals surface area contributed by atoms with Crippen LogP contribution in [0.15, 0.2) is 18.2 Å². The molecule has 0 aliphatic heterocycles. The van der Waals surface area contributed by atoms with Crippen LogP contribution in [0.3, 0.4) is 0 Å². The zero-order chi connectivity index (χ0) is 14.5. The fraction of sp³-hybridized carbons (Fsp3) is 0.308. The normalized spacial score (nSPS) is 10.4. The summed E-state index contributed by atoms with van der Waals surface area (Å²) in [5, 5.41) is 5.87. The van der Waals surface area contributed by atoms with Gasteiger partial charge in [-0.05, 0) is 25.1 Å². The summed E-state index contributed by atoms with van der Waals surface area (Å²) in [7, 11) is 0. The maximum atomic E-state index is 11.9. The lowest BCUT2D eigenvalue weighted by Gasteiger charge is -2.05. The summed E-state index contributed by atoms with van der Waals surface area (Å²) >= 11 is 1.34. The maximum Gasteiger partial charge on any atom is 0.251 e. The molecule has 0 bridgehead atoms. The highest BCUT2D eigenvalue weighted by molar-refractivity contribution is 7.22. The lowest BCUT2D eigenvalue weighted by molar-refractivity contribution is -0.120. The fourth-order valence-electron chi connectivity index (χ4n) is 1.76. The second kappa shape index (κ2) is 6.33. The Hall–Kier alpha value is -2.15. The predicted molar refractivity (Wildman–Crippen MR) is 79.7 cm³/mol. The average Bonchev–Trinajstić information content (AvgIpc) is 2.77. The number of benzene rings is 1. The molecule has 0 saturated heterocycles. The molecule has 1 aromatic carbocycles. The van der Waals surface area contributed by atoms with Gasteiger partial charge in [-0.25, -0.2) is 4.98 Å². The van der Waals surface area contributed by atoms with Crippen molar-refractivity contribution >= 4 is 38.5 Å². The summed E-state index contributed by atoms with van der Waals surface area (Å²) in [6.07, 6.45) is 0.273. The lowest BCUT2D eigenvalue weighted by Crippen LogP contribution is -2.30. The Bertz CT molecular complexity index is 638. The standard InChI is InChI=1S/C13H16N4O2S/c1-2-15-11(18)5-6-16-12(19)8-3-4-9-10(7-8)20-13(14)17-9/h3-4,7H,2,5-6H2,1H3,(H2,14,17)(H,15,18)(H,16,19). The number of thiazole rings is 1. The molecular formula is C13H16N4O2S. The smallest absolute Gasteiger partial charge is 0.251 e. The van der Waals surface area contributed by atoms with Gasteiger partial charge in [0.2, 0.25) is 5.91 Å². The van der Waals surface area contributed by atoms with Crippen LogP contribution in [0.25, 0.3) is 10.2 Å². The number of hydrogen-bond donors (Lipinski definition) is 3. The summed E-state index contributed by atoms with van der Waals surface area (Å²) in [5.74, 6) is -0.276. The predicted octanol–water partition coefficient (Wildman–Crippen LogP) is 1.13. The van der Waals surface area contributed by atoms with Crippen LogP contribution in [0.4, 0.5) is 5.13 Å². The number of nitrogens with one attached hydrogen (secondary N) is 2. The molecule has 0 atom stereocenters. The van der Waals surface area contributed by atoms with E-state index in [0.29, 0.717) is 23.8 Å². The Labute approximate surface area is 120 Å². The summed E-state index contributed by atoms with van der Waals surface area (Å²) in [6, 6.07) is 5.22. The van der Waals surface area contributed by atoms with Crippen molar-refractivity contribution in [2.75, 3.05) is 18.8 Å². The zero-order valence-electron chi connectivity index (χ0n) is 11.1. The van der Waals surface area contributed by atoms with Gasteiger partial charge < -0.3 is 16.4 Å². The van der Waals surface area contributed by atoms with E-state index in [4.69, 9.17) is 5.73 Å². The van der Waals surface area contributed by atoms with Crippen LogP contribution in [0, 0.1) is 0 Å². The lowest BCUT2D eigenvalue weighted by atomic mass is 10.2. The third-order valence-electron chi connectivity index (χ3n) is 2.68. The van der Waals surface area contributed by atoms with E-state index in [0.717, 1.165) is 10.2 Å². The van der Waals surface area contributed by atoms with Crippen LogP contribution in [0.2, 0.25) is 0 Å². The first-order valence-corrected chi connectivity index (χ1v) is 7.12. The van der Waals surface area contributed by atoms with E-state index >= 15 is 0 Å². The Morgan fingerprint density at radius 2 is 2.15 bits per heavy atom. The van der Waals surface area contributed by atoms with Crippen molar-refractivity contribution in [3.05, 3.63) is 23.8 Å². The van der Waals surface area contributed by atoms with E-state index < -0.39 is 0 Å². The molecule has 2 amide bonds. The van der Waals surface area contributed by atoms with Gasteiger partial charge in [0.25, 0.3) is 5.91 Å². The minimum absolute atomic E-state index is 0.0708. The maximum absolute atomic E-state index is 11.9. The number of fused-ring (bicyclic) bond motifs is 1. The second-order valence-corrected chi connectivity index (χ2v) is 5.26.